The molecular formula is C25H23ClN6O5. The molecule has 0 bridgehead atoms. The molecule has 2 heterocycles. The number of anilines is 3. The summed E-state index contributed by atoms with van der Waals surface area (Å²) in [6, 6.07) is 16.1. The number of halogens is 1. The third kappa shape index (κ3) is 6.75. The zero-order valence-corrected chi connectivity index (χ0v) is 20.6. The zero-order valence-electron chi connectivity index (χ0n) is 19.9. The highest BCUT2D eigenvalue weighted by Gasteiger charge is 2.14. The van der Waals surface area contributed by atoms with Gasteiger partial charge in [0.2, 0.25) is 5.88 Å². The molecule has 0 aliphatic heterocycles. The van der Waals surface area contributed by atoms with Gasteiger partial charge in [-0.15, -0.1) is 5.10 Å². The first kappa shape index (κ1) is 25.5. The van der Waals surface area contributed by atoms with Crippen LogP contribution in [0.1, 0.15) is 5.56 Å². The number of methoxy groups -OCH3 is 1. The number of nitrogens with zero attached hydrogens (tertiary/aromatic N) is 3. The van der Waals surface area contributed by atoms with E-state index in [1.54, 1.807) is 24.3 Å². The average molecular weight is 523 g/mol. The summed E-state index contributed by atoms with van der Waals surface area (Å²) >= 11 is 6.36. The van der Waals surface area contributed by atoms with Gasteiger partial charge in [-0.1, -0.05) is 29.3 Å². The highest BCUT2D eigenvalue weighted by atomic mass is 35.5. The van der Waals surface area contributed by atoms with Crippen LogP contribution in [0, 0.1) is 6.92 Å². The number of hydrogen-bond donors (Lipinski definition) is 4. The second-order valence-electron chi connectivity index (χ2n) is 7.82. The normalized spacial score (nSPS) is 10.6. The van der Waals surface area contributed by atoms with Crippen LogP contribution >= 0.6 is 11.6 Å². The fourth-order valence-electron chi connectivity index (χ4n) is 3.26. The Labute approximate surface area is 217 Å². The molecule has 0 aliphatic carbocycles. The van der Waals surface area contributed by atoms with E-state index in [2.05, 4.69) is 26.0 Å². The standard InChI is InChI=1S/C25H23ClN6O5/c1-15-3-5-16(6-4-15)32-22(13-23(33)31-32)30-25(35)28-20-8-7-17(11-19(20)26)37-18-9-10-27-21(12-18)29-24(34)14-36-2/h3-13H,14H2,1-2H3,(H,31,33)(H,27,29,34)(H2,28,30,35). The fourth-order valence-corrected chi connectivity index (χ4v) is 3.48. The lowest BCUT2D eigenvalue weighted by Gasteiger charge is -2.12. The maximum atomic E-state index is 12.6. The van der Waals surface area contributed by atoms with Crippen molar-refractivity contribution >= 4 is 40.9 Å². The molecule has 0 fully saturated rings. The molecule has 0 saturated heterocycles. The topological polar surface area (TPSA) is 140 Å². The predicted molar refractivity (Wildman–Crippen MR) is 139 cm³/mol. The van der Waals surface area contributed by atoms with Gasteiger partial charge in [0.05, 0.1) is 16.4 Å². The van der Waals surface area contributed by atoms with E-state index < -0.39 is 6.03 Å². The third-order valence-electron chi connectivity index (χ3n) is 4.92. The highest BCUT2D eigenvalue weighted by Crippen LogP contribution is 2.30. The maximum Gasteiger partial charge on any atom is 0.324 e. The smallest absolute Gasteiger partial charge is 0.324 e. The lowest BCUT2D eigenvalue weighted by atomic mass is 10.2. The van der Waals surface area contributed by atoms with Crippen molar-refractivity contribution in [3.05, 3.63) is 77.4 Å². The number of ether oxygens (including phenoxy) is 2. The fraction of sp³-hybridized carbons (Fsp3) is 0.120. The number of carbonyl (C=O) groups is 2. The van der Waals surface area contributed by atoms with E-state index in [4.69, 9.17) is 21.1 Å². The van der Waals surface area contributed by atoms with Crippen LogP contribution in [0.25, 0.3) is 5.69 Å². The summed E-state index contributed by atoms with van der Waals surface area (Å²) in [5.41, 5.74) is 2.06. The van der Waals surface area contributed by atoms with Crippen LogP contribution < -0.4 is 20.7 Å². The van der Waals surface area contributed by atoms with Crippen molar-refractivity contribution < 1.29 is 24.2 Å². The van der Waals surface area contributed by atoms with E-state index in [0.717, 1.165) is 5.56 Å². The minimum atomic E-state index is -0.589. The van der Waals surface area contributed by atoms with E-state index >= 15 is 0 Å². The van der Waals surface area contributed by atoms with Gasteiger partial charge in [-0.3, -0.25) is 10.1 Å². The number of aromatic nitrogens is 3. The number of aryl methyl sites for hydroxylation is 1. The molecule has 0 unspecified atom stereocenters. The number of carbonyl (C=O) groups excluding carboxylic acids is 2. The molecule has 190 valence electrons. The molecule has 4 rings (SSSR count). The Hall–Kier alpha value is -4.61. The van der Waals surface area contributed by atoms with Gasteiger partial charge < -0.3 is 25.2 Å². The number of hydrogen-bond acceptors (Lipinski definition) is 7. The lowest BCUT2D eigenvalue weighted by molar-refractivity contribution is -0.119. The van der Waals surface area contributed by atoms with E-state index in [-0.39, 0.29) is 29.2 Å². The molecule has 0 radical (unpaired) electrons. The molecule has 4 aromatic rings. The zero-order chi connectivity index (χ0) is 26.4. The molecule has 0 atom stereocenters. The van der Waals surface area contributed by atoms with E-state index in [1.165, 1.54) is 30.1 Å². The Kier molecular flexibility index (Phi) is 7.86. The lowest BCUT2D eigenvalue weighted by Crippen LogP contribution is -2.21. The van der Waals surface area contributed by atoms with Crippen molar-refractivity contribution in [1.82, 2.24) is 14.8 Å². The SMILES string of the molecule is COCC(=O)Nc1cc(Oc2ccc(NC(=O)Nc3cc(O)nn3-c3ccc(C)cc3)c(Cl)c2)ccn1. The Morgan fingerprint density at radius 3 is 2.49 bits per heavy atom. The van der Waals surface area contributed by atoms with Crippen LogP contribution in [0.5, 0.6) is 17.4 Å². The Balaban J connectivity index is 1.41. The monoisotopic (exact) mass is 522 g/mol. The molecule has 12 heteroatoms. The third-order valence-corrected chi connectivity index (χ3v) is 5.23. The first-order chi connectivity index (χ1) is 17.8. The molecule has 4 N–H and O–H groups in total. The summed E-state index contributed by atoms with van der Waals surface area (Å²) in [4.78, 5) is 28.4. The molecule has 2 aromatic heterocycles. The van der Waals surface area contributed by atoms with Gasteiger partial charge in [0, 0.05) is 31.5 Å². The van der Waals surface area contributed by atoms with Gasteiger partial charge in [-0.2, -0.15) is 0 Å². The van der Waals surface area contributed by atoms with Gasteiger partial charge >= 0.3 is 6.03 Å². The van der Waals surface area contributed by atoms with Crippen molar-refractivity contribution in [2.75, 3.05) is 29.7 Å². The number of pyridine rings is 1. The number of nitrogens with one attached hydrogen (secondary N) is 3. The summed E-state index contributed by atoms with van der Waals surface area (Å²) in [7, 11) is 1.42. The summed E-state index contributed by atoms with van der Waals surface area (Å²) in [5.74, 6) is 0.798. The Morgan fingerprint density at radius 1 is 1.00 bits per heavy atom. The molecular weight excluding hydrogens is 500 g/mol. The van der Waals surface area contributed by atoms with Crippen LogP contribution in [0.3, 0.4) is 0 Å². The maximum absolute atomic E-state index is 12.6. The minimum Gasteiger partial charge on any atom is -0.492 e. The molecule has 2 aromatic carbocycles. The first-order valence-corrected chi connectivity index (χ1v) is 11.3. The molecule has 0 spiro atoms. The number of aromatic hydroxyl groups is 1. The first-order valence-electron chi connectivity index (χ1n) is 11.0. The van der Waals surface area contributed by atoms with Crippen LogP contribution in [-0.2, 0) is 9.53 Å². The summed E-state index contributed by atoms with van der Waals surface area (Å²) in [6.07, 6.45) is 1.48. The second-order valence-corrected chi connectivity index (χ2v) is 8.22. The van der Waals surface area contributed by atoms with Crippen molar-refractivity contribution in [3.63, 3.8) is 0 Å². The number of amides is 3. The molecule has 0 aliphatic rings. The second kappa shape index (κ2) is 11.4. The van der Waals surface area contributed by atoms with Gasteiger partial charge in [-0.25, -0.2) is 14.5 Å². The highest BCUT2D eigenvalue weighted by molar-refractivity contribution is 6.34. The van der Waals surface area contributed by atoms with Gasteiger partial charge in [0.25, 0.3) is 5.91 Å². The van der Waals surface area contributed by atoms with E-state index in [0.29, 0.717) is 28.7 Å². The van der Waals surface area contributed by atoms with Crippen LogP contribution in [0.15, 0.2) is 66.9 Å². The van der Waals surface area contributed by atoms with Crippen LogP contribution in [0.2, 0.25) is 5.02 Å². The van der Waals surface area contributed by atoms with Crippen LogP contribution in [0.4, 0.5) is 22.1 Å². The van der Waals surface area contributed by atoms with Crippen molar-refractivity contribution in [2.45, 2.75) is 6.92 Å². The molecule has 0 saturated carbocycles. The van der Waals surface area contributed by atoms with Gasteiger partial charge in [0.15, 0.2) is 0 Å². The summed E-state index contributed by atoms with van der Waals surface area (Å²) in [6.45, 7) is 1.86. The molecule has 3 amide bonds. The molecule has 37 heavy (non-hydrogen) atoms. The summed E-state index contributed by atoms with van der Waals surface area (Å²) in [5, 5.41) is 22.0. The van der Waals surface area contributed by atoms with Crippen molar-refractivity contribution in [1.29, 1.82) is 0 Å². The Morgan fingerprint density at radius 2 is 1.76 bits per heavy atom. The number of benzene rings is 2. The molecule has 11 nitrogen and oxygen atoms in total. The average Bonchev–Trinajstić information content (AvgIpc) is 3.21. The van der Waals surface area contributed by atoms with Gasteiger partial charge in [0.1, 0.15) is 29.7 Å². The van der Waals surface area contributed by atoms with Crippen molar-refractivity contribution in [2.24, 2.45) is 0 Å². The van der Waals surface area contributed by atoms with E-state index in [1.807, 2.05) is 31.2 Å². The van der Waals surface area contributed by atoms with Crippen LogP contribution in [-0.4, -0.2) is 45.5 Å². The Bertz CT molecular complexity index is 1420. The quantitative estimate of drug-likeness (QED) is 0.256. The van der Waals surface area contributed by atoms with Crippen molar-refractivity contribution in [3.8, 4) is 23.1 Å². The summed E-state index contributed by atoms with van der Waals surface area (Å²) < 4.78 is 12.0. The number of rotatable bonds is 8. The van der Waals surface area contributed by atoms with Gasteiger partial charge in [-0.05, 0) is 37.3 Å². The van der Waals surface area contributed by atoms with E-state index in [9.17, 15) is 14.7 Å². The predicted octanol–water partition coefficient (Wildman–Crippen LogP) is 4.96. The largest absolute Gasteiger partial charge is 0.492 e. The number of urea groups is 1. The minimum absolute atomic E-state index is 0.0974.